The van der Waals surface area contributed by atoms with Crippen molar-refractivity contribution >= 4 is 17.5 Å². The third kappa shape index (κ3) is 3.60. The average Bonchev–Trinajstić information content (AvgIpc) is 2.34. The van der Waals surface area contributed by atoms with Crippen LogP contribution in [0.2, 0.25) is 0 Å². The molecule has 1 N–H and O–H groups in total. The van der Waals surface area contributed by atoms with E-state index in [1.807, 2.05) is 6.92 Å². The third-order valence-corrected chi connectivity index (χ3v) is 2.80. The van der Waals surface area contributed by atoms with Gasteiger partial charge in [-0.3, -0.25) is 4.79 Å². The Bertz CT molecular complexity index is 392. The van der Waals surface area contributed by atoms with Gasteiger partial charge in [0, 0.05) is 19.0 Å². The number of unbranched alkanes of at least 4 members (excludes halogenated alkanes) is 1. The largest absolute Gasteiger partial charge is 0.507 e. The van der Waals surface area contributed by atoms with Gasteiger partial charge in [-0.2, -0.15) is 0 Å². The van der Waals surface area contributed by atoms with Gasteiger partial charge in [0.05, 0.1) is 0 Å². The number of benzene rings is 1. The highest BCUT2D eigenvalue weighted by Gasteiger charge is 2.21. The zero-order valence-corrected chi connectivity index (χ0v) is 11.1. The number of amides is 1. The summed E-state index contributed by atoms with van der Waals surface area (Å²) in [4.78, 5) is 13.6. The summed E-state index contributed by atoms with van der Waals surface area (Å²) in [6, 6.07) is 3.82. The van der Waals surface area contributed by atoms with Gasteiger partial charge in [-0.1, -0.05) is 19.4 Å². The lowest BCUT2D eigenvalue weighted by Gasteiger charge is -2.22. The van der Waals surface area contributed by atoms with Crippen LogP contribution in [-0.2, 0) is 0 Å². The van der Waals surface area contributed by atoms with Gasteiger partial charge in [0.1, 0.15) is 17.1 Å². The van der Waals surface area contributed by atoms with Crippen molar-refractivity contribution in [3.8, 4) is 5.75 Å². The monoisotopic (exact) mass is 273 g/mol. The second kappa shape index (κ2) is 7.21. The molecule has 3 nitrogen and oxygen atoms in total. The molecule has 0 spiro atoms. The van der Waals surface area contributed by atoms with Crippen molar-refractivity contribution in [2.24, 2.45) is 0 Å². The second-order valence-electron chi connectivity index (χ2n) is 3.97. The molecule has 1 aromatic carbocycles. The van der Waals surface area contributed by atoms with Crippen LogP contribution in [0.15, 0.2) is 18.2 Å². The van der Waals surface area contributed by atoms with E-state index in [4.69, 9.17) is 11.6 Å². The van der Waals surface area contributed by atoms with Gasteiger partial charge in [0.25, 0.3) is 5.91 Å². The van der Waals surface area contributed by atoms with Gasteiger partial charge in [0.15, 0.2) is 0 Å². The number of nitrogens with zero attached hydrogens (tertiary/aromatic N) is 1. The van der Waals surface area contributed by atoms with Crippen molar-refractivity contribution in [2.45, 2.75) is 19.8 Å². The summed E-state index contributed by atoms with van der Waals surface area (Å²) in [6.45, 7) is 2.86. The van der Waals surface area contributed by atoms with E-state index in [1.54, 1.807) is 0 Å². The highest BCUT2D eigenvalue weighted by Crippen LogP contribution is 2.21. The molecule has 0 saturated carbocycles. The van der Waals surface area contributed by atoms with Gasteiger partial charge < -0.3 is 10.0 Å². The number of carbonyl (C=O) groups excluding carboxylic acids is 1. The summed E-state index contributed by atoms with van der Waals surface area (Å²) >= 11 is 5.64. The van der Waals surface area contributed by atoms with Crippen molar-refractivity contribution in [3.05, 3.63) is 29.6 Å². The van der Waals surface area contributed by atoms with Crippen LogP contribution in [0.25, 0.3) is 0 Å². The van der Waals surface area contributed by atoms with Crippen LogP contribution in [0.5, 0.6) is 5.75 Å². The molecule has 0 aliphatic heterocycles. The van der Waals surface area contributed by atoms with Crippen molar-refractivity contribution in [1.29, 1.82) is 0 Å². The topological polar surface area (TPSA) is 40.5 Å². The van der Waals surface area contributed by atoms with E-state index in [0.29, 0.717) is 13.1 Å². The van der Waals surface area contributed by atoms with Crippen LogP contribution >= 0.6 is 11.6 Å². The summed E-state index contributed by atoms with van der Waals surface area (Å²) in [5, 5.41) is 9.58. The summed E-state index contributed by atoms with van der Waals surface area (Å²) in [5.74, 6) is -1.28. The van der Waals surface area contributed by atoms with E-state index in [2.05, 4.69) is 0 Å². The van der Waals surface area contributed by atoms with Crippen molar-refractivity contribution in [2.75, 3.05) is 19.0 Å². The number of hydrogen-bond acceptors (Lipinski definition) is 2. The van der Waals surface area contributed by atoms with Crippen LogP contribution in [0.4, 0.5) is 4.39 Å². The Balaban J connectivity index is 2.94. The SMILES string of the molecule is CCCCN(CCCl)C(=O)c1c(O)cccc1F. The number of alkyl halides is 1. The number of phenolic OH excluding ortho intramolecular Hbond substituents is 1. The molecule has 1 rings (SSSR count). The Hall–Kier alpha value is -1.29. The molecule has 100 valence electrons. The van der Waals surface area contributed by atoms with Crippen LogP contribution in [0.3, 0.4) is 0 Å². The Kier molecular flexibility index (Phi) is 5.92. The predicted octanol–water partition coefficient (Wildman–Crippen LogP) is 3.01. The number of aromatic hydroxyl groups is 1. The first kappa shape index (κ1) is 14.8. The van der Waals surface area contributed by atoms with Crippen molar-refractivity contribution in [3.63, 3.8) is 0 Å². The fraction of sp³-hybridized carbons (Fsp3) is 0.462. The van der Waals surface area contributed by atoms with E-state index in [0.717, 1.165) is 18.9 Å². The summed E-state index contributed by atoms with van der Waals surface area (Å²) < 4.78 is 13.6. The maximum atomic E-state index is 13.6. The summed E-state index contributed by atoms with van der Waals surface area (Å²) in [5.41, 5.74) is -0.279. The van der Waals surface area contributed by atoms with Gasteiger partial charge in [-0.05, 0) is 18.6 Å². The fourth-order valence-electron chi connectivity index (χ4n) is 1.65. The molecule has 0 aromatic heterocycles. The van der Waals surface area contributed by atoms with Gasteiger partial charge in [-0.15, -0.1) is 11.6 Å². The molecule has 0 fully saturated rings. The molecule has 5 heteroatoms. The Morgan fingerprint density at radius 3 is 2.72 bits per heavy atom. The standard InChI is InChI=1S/C13H17ClFNO2/c1-2-3-8-16(9-7-14)13(18)12-10(15)5-4-6-11(12)17/h4-6,17H,2-3,7-9H2,1H3. The number of halogens is 2. The van der Waals surface area contributed by atoms with E-state index < -0.39 is 11.7 Å². The minimum atomic E-state index is -0.712. The van der Waals surface area contributed by atoms with Crippen LogP contribution in [0.1, 0.15) is 30.1 Å². The molecular formula is C13H17ClFNO2. The second-order valence-corrected chi connectivity index (χ2v) is 4.35. The molecule has 0 unspecified atom stereocenters. The van der Waals surface area contributed by atoms with Crippen LogP contribution in [0, 0.1) is 5.82 Å². The molecule has 18 heavy (non-hydrogen) atoms. The lowest BCUT2D eigenvalue weighted by atomic mass is 10.1. The Labute approximate surface area is 111 Å². The molecule has 1 amide bonds. The Morgan fingerprint density at radius 1 is 1.44 bits per heavy atom. The highest BCUT2D eigenvalue weighted by atomic mass is 35.5. The van der Waals surface area contributed by atoms with E-state index in [-0.39, 0.29) is 17.2 Å². The molecular weight excluding hydrogens is 257 g/mol. The number of phenols is 1. The van der Waals surface area contributed by atoms with Crippen LogP contribution < -0.4 is 0 Å². The van der Waals surface area contributed by atoms with E-state index in [1.165, 1.54) is 17.0 Å². The fourth-order valence-corrected chi connectivity index (χ4v) is 1.85. The number of carbonyl (C=O) groups is 1. The van der Waals surface area contributed by atoms with Crippen molar-refractivity contribution < 1.29 is 14.3 Å². The quantitative estimate of drug-likeness (QED) is 0.810. The number of rotatable bonds is 6. The minimum absolute atomic E-state index is 0.279. The lowest BCUT2D eigenvalue weighted by molar-refractivity contribution is 0.0755. The molecule has 0 radical (unpaired) electrons. The van der Waals surface area contributed by atoms with Crippen LogP contribution in [-0.4, -0.2) is 34.9 Å². The molecule has 0 heterocycles. The molecule has 0 aliphatic rings. The average molecular weight is 274 g/mol. The summed E-state index contributed by atoms with van der Waals surface area (Å²) in [7, 11) is 0. The summed E-state index contributed by atoms with van der Waals surface area (Å²) in [6.07, 6.45) is 1.74. The smallest absolute Gasteiger partial charge is 0.260 e. The predicted molar refractivity (Wildman–Crippen MR) is 69.6 cm³/mol. The molecule has 1 aromatic rings. The van der Waals surface area contributed by atoms with E-state index in [9.17, 15) is 14.3 Å². The normalized spacial score (nSPS) is 10.4. The minimum Gasteiger partial charge on any atom is -0.507 e. The first-order valence-electron chi connectivity index (χ1n) is 5.94. The third-order valence-electron chi connectivity index (χ3n) is 2.63. The molecule has 0 aliphatic carbocycles. The lowest BCUT2D eigenvalue weighted by Crippen LogP contribution is -2.34. The van der Waals surface area contributed by atoms with Crippen molar-refractivity contribution in [1.82, 2.24) is 4.90 Å². The first-order valence-corrected chi connectivity index (χ1v) is 6.48. The van der Waals surface area contributed by atoms with Gasteiger partial charge >= 0.3 is 0 Å². The van der Waals surface area contributed by atoms with E-state index >= 15 is 0 Å². The molecule has 0 bridgehead atoms. The first-order chi connectivity index (χ1) is 8.61. The zero-order valence-electron chi connectivity index (χ0n) is 10.3. The maximum absolute atomic E-state index is 13.6. The Morgan fingerprint density at radius 2 is 2.17 bits per heavy atom. The molecule has 0 atom stereocenters. The maximum Gasteiger partial charge on any atom is 0.260 e. The number of hydrogen-bond donors (Lipinski definition) is 1. The molecule has 0 saturated heterocycles. The zero-order chi connectivity index (χ0) is 13.5. The van der Waals surface area contributed by atoms with Gasteiger partial charge in [0.2, 0.25) is 0 Å². The van der Waals surface area contributed by atoms with Gasteiger partial charge in [-0.25, -0.2) is 4.39 Å². The highest BCUT2D eigenvalue weighted by molar-refractivity contribution is 6.18.